The lowest BCUT2D eigenvalue weighted by Crippen LogP contribution is -2.52. The molecule has 1 aliphatic heterocycles. The molecule has 0 aliphatic carbocycles. The van der Waals surface area contributed by atoms with Crippen molar-refractivity contribution in [3.05, 3.63) is 35.9 Å². The van der Waals surface area contributed by atoms with Crippen LogP contribution in [0.3, 0.4) is 0 Å². The minimum Gasteiger partial charge on any atom is -0.465 e. The van der Waals surface area contributed by atoms with Gasteiger partial charge in [-0.25, -0.2) is 4.79 Å². The molecule has 2 rings (SSSR count). The van der Waals surface area contributed by atoms with Crippen LogP contribution in [0.25, 0.3) is 0 Å². The van der Waals surface area contributed by atoms with Crippen LogP contribution in [0.2, 0.25) is 0 Å². The Morgan fingerprint density at radius 2 is 2.10 bits per heavy atom. The molecule has 3 atom stereocenters. The van der Waals surface area contributed by atoms with Crippen molar-refractivity contribution in [3.8, 4) is 0 Å². The van der Waals surface area contributed by atoms with E-state index in [0.29, 0.717) is 6.42 Å². The lowest BCUT2D eigenvalue weighted by molar-refractivity contribution is -0.145. The Morgan fingerprint density at radius 1 is 1.43 bits per heavy atom. The van der Waals surface area contributed by atoms with Gasteiger partial charge >= 0.3 is 6.09 Å². The molecule has 116 valence electrons. The number of carbonyl (C=O) groups is 1. The van der Waals surface area contributed by atoms with Crippen molar-refractivity contribution in [2.75, 3.05) is 6.61 Å². The van der Waals surface area contributed by atoms with E-state index in [1.54, 1.807) is 13.8 Å². The average Bonchev–Trinajstić information content (AvgIpc) is 2.77. The lowest BCUT2D eigenvalue weighted by atomic mass is 9.98. The van der Waals surface area contributed by atoms with Gasteiger partial charge in [-0.1, -0.05) is 30.3 Å². The van der Waals surface area contributed by atoms with Crippen LogP contribution in [0.5, 0.6) is 0 Å². The van der Waals surface area contributed by atoms with E-state index in [1.165, 1.54) is 0 Å². The Labute approximate surface area is 123 Å². The van der Waals surface area contributed by atoms with Crippen LogP contribution >= 0.6 is 0 Å². The number of nitrogens with one attached hydrogen (secondary N) is 1. The first-order chi connectivity index (χ1) is 9.87. The Bertz CT molecular complexity index is 476. The first-order valence-electron chi connectivity index (χ1n) is 6.90. The van der Waals surface area contributed by atoms with Crippen molar-refractivity contribution in [1.29, 1.82) is 0 Å². The van der Waals surface area contributed by atoms with E-state index in [0.717, 1.165) is 5.56 Å². The third-order valence-electron chi connectivity index (χ3n) is 3.42. The fourth-order valence-corrected chi connectivity index (χ4v) is 2.45. The number of benzene rings is 1. The zero-order valence-corrected chi connectivity index (χ0v) is 12.2. The molecule has 0 saturated carbocycles. The summed E-state index contributed by atoms with van der Waals surface area (Å²) in [5.74, 6) is -0.768. The summed E-state index contributed by atoms with van der Waals surface area (Å²) in [6.07, 6.45) is -2.27. The second-order valence-electron chi connectivity index (χ2n) is 5.60. The molecule has 6 heteroatoms. The number of aliphatic hydroxyl groups excluding tert-OH is 1. The number of carboxylic acid groups (broad SMARTS) is 1. The number of amides is 1. The Hall–Kier alpha value is -1.63. The fraction of sp³-hybridized carbons (Fsp3) is 0.533. The third-order valence-corrected chi connectivity index (χ3v) is 3.42. The molecule has 1 aliphatic rings. The van der Waals surface area contributed by atoms with Gasteiger partial charge in [0.15, 0.2) is 5.79 Å². The largest absolute Gasteiger partial charge is 0.465 e. The minimum absolute atomic E-state index is 0.240. The van der Waals surface area contributed by atoms with Gasteiger partial charge in [-0.2, -0.15) is 0 Å². The quantitative estimate of drug-likeness (QED) is 0.764. The van der Waals surface area contributed by atoms with Crippen LogP contribution < -0.4 is 5.32 Å². The molecule has 1 saturated heterocycles. The maximum atomic E-state index is 11.0. The molecule has 1 unspecified atom stereocenters. The van der Waals surface area contributed by atoms with Crippen molar-refractivity contribution in [2.45, 2.75) is 44.3 Å². The highest BCUT2D eigenvalue weighted by Crippen LogP contribution is 2.26. The van der Waals surface area contributed by atoms with Gasteiger partial charge in [-0.05, 0) is 19.4 Å². The topological polar surface area (TPSA) is 88.0 Å². The molecule has 1 heterocycles. The maximum Gasteiger partial charge on any atom is 0.405 e. The van der Waals surface area contributed by atoms with Gasteiger partial charge in [0.25, 0.3) is 0 Å². The highest BCUT2D eigenvalue weighted by atomic mass is 16.7. The Kier molecular flexibility index (Phi) is 4.82. The van der Waals surface area contributed by atoms with Crippen LogP contribution in [0.15, 0.2) is 30.3 Å². The molecule has 0 aromatic heterocycles. The molecular formula is C15H21NO5. The molecule has 6 nitrogen and oxygen atoms in total. The molecular weight excluding hydrogens is 274 g/mol. The molecule has 0 radical (unpaired) electrons. The summed E-state index contributed by atoms with van der Waals surface area (Å²) < 4.78 is 11.1. The zero-order valence-electron chi connectivity index (χ0n) is 12.2. The Balaban J connectivity index is 2.06. The van der Waals surface area contributed by atoms with E-state index < -0.39 is 30.1 Å². The predicted molar refractivity (Wildman–Crippen MR) is 76.0 cm³/mol. The summed E-state index contributed by atoms with van der Waals surface area (Å²) in [5, 5.41) is 21.7. The van der Waals surface area contributed by atoms with Gasteiger partial charge in [0.2, 0.25) is 0 Å². The van der Waals surface area contributed by atoms with Crippen molar-refractivity contribution in [2.24, 2.45) is 0 Å². The zero-order chi connectivity index (χ0) is 15.5. The van der Waals surface area contributed by atoms with Crippen molar-refractivity contribution in [1.82, 2.24) is 5.32 Å². The van der Waals surface area contributed by atoms with Crippen LogP contribution in [0, 0.1) is 0 Å². The van der Waals surface area contributed by atoms with E-state index in [4.69, 9.17) is 14.6 Å². The normalized spacial score (nSPS) is 23.5. The average molecular weight is 295 g/mol. The van der Waals surface area contributed by atoms with Crippen molar-refractivity contribution in [3.63, 3.8) is 0 Å². The Morgan fingerprint density at radius 3 is 2.62 bits per heavy atom. The van der Waals surface area contributed by atoms with Crippen molar-refractivity contribution >= 4 is 6.09 Å². The smallest absolute Gasteiger partial charge is 0.405 e. The third kappa shape index (κ3) is 4.42. The van der Waals surface area contributed by atoms with E-state index in [1.807, 2.05) is 30.3 Å². The fourth-order valence-electron chi connectivity index (χ4n) is 2.45. The predicted octanol–water partition coefficient (Wildman–Crippen LogP) is 1.38. The number of ether oxygens (including phenoxy) is 2. The second-order valence-corrected chi connectivity index (χ2v) is 5.60. The SMILES string of the molecule is CC1(C)OC[C@H](C(NC(=O)O)[C@@H](O)Cc2ccccc2)O1. The molecule has 3 N–H and O–H groups in total. The highest BCUT2D eigenvalue weighted by molar-refractivity contribution is 5.65. The van der Waals surface area contributed by atoms with Gasteiger partial charge in [-0.15, -0.1) is 0 Å². The summed E-state index contributed by atoms with van der Waals surface area (Å²) in [4.78, 5) is 11.0. The van der Waals surface area contributed by atoms with Crippen LogP contribution in [0.1, 0.15) is 19.4 Å². The summed E-state index contributed by atoms with van der Waals surface area (Å²) >= 11 is 0. The van der Waals surface area contributed by atoms with E-state index in [2.05, 4.69) is 5.32 Å². The number of aliphatic hydroxyl groups is 1. The number of hydrogen-bond acceptors (Lipinski definition) is 4. The monoisotopic (exact) mass is 295 g/mol. The second kappa shape index (κ2) is 6.43. The summed E-state index contributed by atoms with van der Waals surface area (Å²) in [5.41, 5.74) is 0.931. The number of rotatable bonds is 5. The van der Waals surface area contributed by atoms with Gasteiger partial charge in [0.1, 0.15) is 6.10 Å². The minimum atomic E-state index is -1.19. The van der Waals surface area contributed by atoms with Crippen LogP contribution in [-0.4, -0.2) is 47.0 Å². The van der Waals surface area contributed by atoms with Gasteiger partial charge in [0, 0.05) is 6.42 Å². The van der Waals surface area contributed by atoms with Crippen LogP contribution in [-0.2, 0) is 15.9 Å². The summed E-state index contributed by atoms with van der Waals surface area (Å²) in [6.45, 7) is 3.76. The first-order valence-corrected chi connectivity index (χ1v) is 6.90. The van der Waals surface area contributed by atoms with Crippen molar-refractivity contribution < 1.29 is 24.5 Å². The highest BCUT2D eigenvalue weighted by Gasteiger charge is 2.40. The molecule has 1 amide bonds. The maximum absolute atomic E-state index is 11.0. The van der Waals surface area contributed by atoms with E-state index >= 15 is 0 Å². The standard InChI is InChI=1S/C15H21NO5/c1-15(2)20-9-12(21-15)13(16-14(18)19)11(17)8-10-6-4-3-5-7-10/h3-7,11-13,16-17H,8-9H2,1-2H3,(H,18,19)/t11-,12+,13?/m0/s1. The first kappa shape index (κ1) is 15.8. The molecule has 0 bridgehead atoms. The summed E-state index contributed by atoms with van der Waals surface area (Å²) in [7, 11) is 0. The molecule has 0 spiro atoms. The molecule has 21 heavy (non-hydrogen) atoms. The van der Waals surface area contributed by atoms with Gasteiger partial charge in [-0.3, -0.25) is 0 Å². The van der Waals surface area contributed by atoms with Gasteiger partial charge in [0.05, 0.1) is 18.8 Å². The molecule has 1 aromatic rings. The molecule has 1 fully saturated rings. The summed E-state index contributed by atoms with van der Waals surface area (Å²) in [6, 6.07) is 8.66. The van der Waals surface area contributed by atoms with E-state index in [9.17, 15) is 9.90 Å². The van der Waals surface area contributed by atoms with Gasteiger partial charge < -0.3 is 25.0 Å². The lowest BCUT2D eigenvalue weighted by Gasteiger charge is -2.28. The van der Waals surface area contributed by atoms with Crippen LogP contribution in [0.4, 0.5) is 4.79 Å². The van der Waals surface area contributed by atoms with E-state index in [-0.39, 0.29) is 6.61 Å². The molecule has 1 aromatic carbocycles. The number of hydrogen-bond donors (Lipinski definition) is 3.